The zero-order valence-electron chi connectivity index (χ0n) is 20.0. The summed E-state index contributed by atoms with van der Waals surface area (Å²) < 4.78 is 7.01. The number of ether oxygens (including phenoxy) is 1. The van der Waals surface area contributed by atoms with E-state index in [1.165, 1.54) is 11.1 Å². The summed E-state index contributed by atoms with van der Waals surface area (Å²) >= 11 is 0. The minimum atomic E-state index is -0.716. The molecule has 7 heteroatoms. The van der Waals surface area contributed by atoms with E-state index in [4.69, 9.17) is 4.74 Å². The number of fused-ring (bicyclic) bond motifs is 1. The van der Waals surface area contributed by atoms with Gasteiger partial charge in [-0.1, -0.05) is 44.0 Å². The number of aromatic hydroxyl groups is 1. The maximum Gasteiger partial charge on any atom is 0.315 e. The number of hydrogen-bond acceptors (Lipinski definition) is 5. The van der Waals surface area contributed by atoms with E-state index in [9.17, 15) is 14.7 Å². The molecule has 0 saturated heterocycles. The Hall–Kier alpha value is -2.67. The van der Waals surface area contributed by atoms with E-state index in [1.807, 2.05) is 4.57 Å². The molecular formula is C26H35N3O4. The Morgan fingerprint density at radius 1 is 1.24 bits per heavy atom. The molecule has 0 spiro atoms. The van der Waals surface area contributed by atoms with Crippen LogP contribution in [-0.4, -0.2) is 52.3 Å². The Labute approximate surface area is 195 Å². The molecule has 1 atom stereocenters. The van der Waals surface area contributed by atoms with Gasteiger partial charge in [-0.15, -0.1) is 0 Å². The second-order valence-corrected chi connectivity index (χ2v) is 9.56. The summed E-state index contributed by atoms with van der Waals surface area (Å²) in [5.74, 6) is -0.260. The number of aromatic nitrogens is 2. The molecule has 1 aromatic carbocycles. The van der Waals surface area contributed by atoms with Crippen LogP contribution in [0.5, 0.6) is 5.75 Å². The standard InChI is InChI=1S/C26H35N3O4/c1-4-18-9-7-10-19(15-18)26(12-5-6-13-26)16-21-27-24(31)23(30)22-25(32)28(2)20(17-29(21)22)11-8-14-33-3/h7,9-10,15,20,30H,4-6,8,11-14,16-17H2,1-3H3/t20-/m0/s1. The fourth-order valence-electron chi connectivity index (χ4n) is 5.59. The van der Waals surface area contributed by atoms with Crippen molar-refractivity contribution in [2.24, 2.45) is 0 Å². The molecule has 1 amide bonds. The van der Waals surface area contributed by atoms with E-state index < -0.39 is 11.3 Å². The van der Waals surface area contributed by atoms with Crippen LogP contribution in [0.2, 0.25) is 0 Å². The number of benzene rings is 1. The van der Waals surface area contributed by atoms with Crippen LogP contribution >= 0.6 is 0 Å². The molecule has 1 saturated carbocycles. The first-order valence-corrected chi connectivity index (χ1v) is 12.1. The van der Waals surface area contributed by atoms with E-state index >= 15 is 0 Å². The van der Waals surface area contributed by atoms with Gasteiger partial charge in [-0.25, -0.2) is 0 Å². The van der Waals surface area contributed by atoms with Crippen molar-refractivity contribution >= 4 is 5.91 Å². The first-order valence-electron chi connectivity index (χ1n) is 12.1. The quantitative estimate of drug-likeness (QED) is 0.619. The Morgan fingerprint density at radius 3 is 2.70 bits per heavy atom. The lowest BCUT2D eigenvalue weighted by Crippen LogP contribution is -2.48. The summed E-state index contributed by atoms with van der Waals surface area (Å²) in [6, 6.07) is 8.70. The van der Waals surface area contributed by atoms with Crippen molar-refractivity contribution in [2.75, 3.05) is 20.8 Å². The molecule has 4 rings (SSSR count). The topological polar surface area (TPSA) is 84.7 Å². The van der Waals surface area contributed by atoms with Crippen LogP contribution in [0.1, 0.15) is 72.9 Å². The molecule has 33 heavy (non-hydrogen) atoms. The van der Waals surface area contributed by atoms with Crippen molar-refractivity contribution in [3.8, 4) is 5.75 Å². The summed E-state index contributed by atoms with van der Waals surface area (Å²) in [6.45, 7) is 3.30. The smallest absolute Gasteiger partial charge is 0.315 e. The second kappa shape index (κ2) is 9.67. The normalized spacial score (nSPS) is 19.7. The van der Waals surface area contributed by atoms with Crippen molar-refractivity contribution in [3.63, 3.8) is 0 Å². The van der Waals surface area contributed by atoms with Gasteiger partial charge in [0.05, 0.1) is 0 Å². The summed E-state index contributed by atoms with van der Waals surface area (Å²) in [6.07, 6.45) is 7.49. The van der Waals surface area contributed by atoms with Crippen molar-refractivity contribution in [2.45, 2.75) is 76.3 Å². The summed E-state index contributed by atoms with van der Waals surface area (Å²) in [5, 5.41) is 10.5. The number of amides is 1. The predicted molar refractivity (Wildman–Crippen MR) is 127 cm³/mol. The van der Waals surface area contributed by atoms with Crippen LogP contribution in [0, 0.1) is 0 Å². The van der Waals surface area contributed by atoms with E-state index in [2.05, 4.69) is 36.2 Å². The van der Waals surface area contributed by atoms with E-state index in [0.717, 1.165) is 44.9 Å². The molecule has 1 aliphatic heterocycles. The molecule has 1 aliphatic carbocycles. The van der Waals surface area contributed by atoms with Gasteiger partial charge >= 0.3 is 5.56 Å². The Morgan fingerprint density at radius 2 is 2.00 bits per heavy atom. The molecule has 2 aromatic rings. The number of likely N-dealkylation sites (N-methyl/N-ethyl adjacent to an activating group) is 1. The fourth-order valence-corrected chi connectivity index (χ4v) is 5.59. The van der Waals surface area contributed by atoms with Gasteiger partial charge in [0.2, 0.25) is 5.75 Å². The Balaban J connectivity index is 1.76. The lowest BCUT2D eigenvalue weighted by molar-refractivity contribution is 0.0617. The first-order chi connectivity index (χ1) is 15.9. The zero-order chi connectivity index (χ0) is 23.6. The lowest BCUT2D eigenvalue weighted by Gasteiger charge is -2.37. The van der Waals surface area contributed by atoms with Gasteiger partial charge in [0.1, 0.15) is 5.82 Å². The lowest BCUT2D eigenvalue weighted by atomic mass is 9.75. The number of aryl methyl sites for hydroxylation is 1. The van der Waals surface area contributed by atoms with Crippen molar-refractivity contribution in [1.29, 1.82) is 0 Å². The Bertz CT molecular complexity index is 1070. The van der Waals surface area contributed by atoms with Crippen molar-refractivity contribution in [1.82, 2.24) is 14.5 Å². The molecule has 2 heterocycles. The number of methoxy groups -OCH3 is 1. The largest absolute Gasteiger partial charge is 0.501 e. The fraction of sp³-hybridized carbons (Fsp3) is 0.577. The Kier molecular flexibility index (Phi) is 6.88. The zero-order valence-corrected chi connectivity index (χ0v) is 20.0. The molecule has 0 bridgehead atoms. The van der Waals surface area contributed by atoms with Crippen molar-refractivity contribution in [3.05, 3.63) is 57.3 Å². The molecule has 178 valence electrons. The van der Waals surface area contributed by atoms with Gasteiger partial charge in [0, 0.05) is 45.2 Å². The van der Waals surface area contributed by atoms with Crippen LogP contribution < -0.4 is 5.56 Å². The first kappa shape index (κ1) is 23.5. The highest BCUT2D eigenvalue weighted by Gasteiger charge is 2.40. The van der Waals surface area contributed by atoms with E-state index in [-0.39, 0.29) is 23.1 Å². The van der Waals surface area contributed by atoms with Crippen LogP contribution in [0.15, 0.2) is 29.1 Å². The third-order valence-corrected chi connectivity index (χ3v) is 7.59. The minimum Gasteiger partial charge on any atom is -0.501 e. The van der Waals surface area contributed by atoms with Gasteiger partial charge < -0.3 is 19.3 Å². The van der Waals surface area contributed by atoms with Crippen LogP contribution in [0.3, 0.4) is 0 Å². The molecular weight excluding hydrogens is 418 g/mol. The monoisotopic (exact) mass is 453 g/mol. The average Bonchev–Trinajstić information content (AvgIpc) is 3.30. The van der Waals surface area contributed by atoms with Crippen molar-refractivity contribution < 1.29 is 14.6 Å². The van der Waals surface area contributed by atoms with Gasteiger partial charge in [0.15, 0.2) is 5.69 Å². The van der Waals surface area contributed by atoms with E-state index in [0.29, 0.717) is 25.4 Å². The van der Waals surface area contributed by atoms with Gasteiger partial charge in [0.25, 0.3) is 5.91 Å². The molecule has 1 fully saturated rings. The van der Waals surface area contributed by atoms with Crippen LogP contribution in [0.25, 0.3) is 0 Å². The summed E-state index contributed by atoms with van der Waals surface area (Å²) in [4.78, 5) is 31.8. The predicted octanol–water partition coefficient (Wildman–Crippen LogP) is 3.45. The number of nitrogens with zero attached hydrogens (tertiary/aromatic N) is 3. The summed E-state index contributed by atoms with van der Waals surface area (Å²) in [5.41, 5.74) is 1.83. The van der Waals surface area contributed by atoms with Gasteiger partial charge in [-0.05, 0) is 43.2 Å². The molecule has 1 N–H and O–H groups in total. The molecule has 2 aliphatic rings. The average molecular weight is 454 g/mol. The highest BCUT2D eigenvalue weighted by Crippen LogP contribution is 2.44. The molecule has 1 aromatic heterocycles. The maximum atomic E-state index is 13.2. The molecule has 0 radical (unpaired) electrons. The SMILES string of the molecule is CCc1cccc(C2(Cc3nc(=O)c(O)c4n3C[C@H](CCCOC)N(C)C4=O)CCCC2)c1. The minimum absolute atomic E-state index is 0.0365. The second-order valence-electron chi connectivity index (χ2n) is 9.56. The number of hydrogen-bond donors (Lipinski definition) is 1. The molecule has 0 unspecified atom stereocenters. The highest BCUT2D eigenvalue weighted by molar-refractivity contribution is 5.95. The van der Waals surface area contributed by atoms with E-state index in [1.54, 1.807) is 19.1 Å². The van der Waals surface area contributed by atoms with Gasteiger partial charge in [-0.2, -0.15) is 4.98 Å². The number of carbonyl (C=O) groups excluding carboxylic acids is 1. The summed E-state index contributed by atoms with van der Waals surface area (Å²) in [7, 11) is 3.41. The van der Waals surface area contributed by atoms with Crippen LogP contribution in [-0.2, 0) is 29.5 Å². The molecule has 7 nitrogen and oxygen atoms in total. The van der Waals surface area contributed by atoms with Gasteiger partial charge in [-0.3, -0.25) is 9.59 Å². The third kappa shape index (κ3) is 4.43. The third-order valence-electron chi connectivity index (χ3n) is 7.59. The highest BCUT2D eigenvalue weighted by atomic mass is 16.5. The maximum absolute atomic E-state index is 13.2. The number of rotatable bonds is 8. The van der Waals surface area contributed by atoms with Crippen LogP contribution in [0.4, 0.5) is 0 Å². The number of carbonyl (C=O) groups is 1.